The SMILES string of the molecule is Cc1ccc(CNC(=O)N2CCC(c3ccc(O)cc3O)CC2)cn1. The van der Waals surface area contributed by atoms with E-state index in [-0.39, 0.29) is 23.4 Å². The van der Waals surface area contributed by atoms with E-state index in [1.54, 1.807) is 23.2 Å². The minimum Gasteiger partial charge on any atom is -0.508 e. The van der Waals surface area contributed by atoms with E-state index < -0.39 is 0 Å². The summed E-state index contributed by atoms with van der Waals surface area (Å²) < 4.78 is 0. The van der Waals surface area contributed by atoms with E-state index in [1.807, 2.05) is 19.1 Å². The molecule has 0 spiro atoms. The van der Waals surface area contributed by atoms with E-state index in [1.165, 1.54) is 6.07 Å². The maximum Gasteiger partial charge on any atom is 0.317 e. The Morgan fingerprint density at radius 1 is 1.24 bits per heavy atom. The van der Waals surface area contributed by atoms with Crippen LogP contribution in [-0.2, 0) is 6.54 Å². The number of hydrogen-bond acceptors (Lipinski definition) is 4. The van der Waals surface area contributed by atoms with Gasteiger partial charge in [-0.05, 0) is 48.9 Å². The predicted molar refractivity (Wildman–Crippen MR) is 94.5 cm³/mol. The molecular formula is C19H23N3O3. The van der Waals surface area contributed by atoms with E-state index in [9.17, 15) is 15.0 Å². The molecule has 25 heavy (non-hydrogen) atoms. The fourth-order valence-electron chi connectivity index (χ4n) is 3.16. The van der Waals surface area contributed by atoms with Crippen LogP contribution in [0.5, 0.6) is 11.5 Å². The van der Waals surface area contributed by atoms with Gasteiger partial charge in [-0.25, -0.2) is 4.79 Å². The molecule has 0 unspecified atom stereocenters. The zero-order valence-corrected chi connectivity index (χ0v) is 14.3. The maximum absolute atomic E-state index is 12.3. The number of hydrogen-bond donors (Lipinski definition) is 3. The van der Waals surface area contributed by atoms with Crippen molar-refractivity contribution in [2.75, 3.05) is 13.1 Å². The third kappa shape index (κ3) is 4.21. The number of nitrogens with zero attached hydrogens (tertiary/aromatic N) is 2. The summed E-state index contributed by atoms with van der Waals surface area (Å²) in [5, 5.41) is 22.3. The van der Waals surface area contributed by atoms with Gasteiger partial charge in [-0.2, -0.15) is 0 Å². The first-order valence-corrected chi connectivity index (χ1v) is 8.49. The third-order valence-corrected chi connectivity index (χ3v) is 4.65. The van der Waals surface area contributed by atoms with Crippen LogP contribution in [0, 0.1) is 6.92 Å². The number of likely N-dealkylation sites (tertiary alicyclic amines) is 1. The molecule has 0 atom stereocenters. The molecule has 1 aromatic heterocycles. The summed E-state index contributed by atoms with van der Waals surface area (Å²) in [4.78, 5) is 18.3. The molecule has 1 aliphatic rings. The molecule has 0 radical (unpaired) electrons. The fourth-order valence-corrected chi connectivity index (χ4v) is 3.16. The lowest BCUT2D eigenvalue weighted by Crippen LogP contribution is -2.43. The molecule has 3 rings (SSSR count). The minimum atomic E-state index is -0.0750. The topological polar surface area (TPSA) is 85.7 Å². The van der Waals surface area contributed by atoms with Gasteiger partial charge in [0.25, 0.3) is 0 Å². The summed E-state index contributed by atoms with van der Waals surface area (Å²) in [6.45, 7) is 3.68. The summed E-state index contributed by atoms with van der Waals surface area (Å²) in [6, 6.07) is 8.52. The molecule has 0 aliphatic carbocycles. The number of urea groups is 1. The van der Waals surface area contributed by atoms with Crippen LogP contribution in [0.3, 0.4) is 0 Å². The van der Waals surface area contributed by atoms with Gasteiger partial charge in [0.1, 0.15) is 11.5 Å². The minimum absolute atomic E-state index is 0.0589. The highest BCUT2D eigenvalue weighted by Gasteiger charge is 2.25. The van der Waals surface area contributed by atoms with Gasteiger partial charge in [-0.1, -0.05) is 12.1 Å². The Morgan fingerprint density at radius 2 is 2.00 bits per heavy atom. The van der Waals surface area contributed by atoms with Gasteiger partial charge in [0.15, 0.2) is 0 Å². The van der Waals surface area contributed by atoms with E-state index in [4.69, 9.17) is 0 Å². The number of benzene rings is 1. The van der Waals surface area contributed by atoms with Crippen LogP contribution in [-0.4, -0.2) is 39.2 Å². The molecular weight excluding hydrogens is 318 g/mol. The average Bonchev–Trinajstić information content (AvgIpc) is 2.61. The van der Waals surface area contributed by atoms with Crippen molar-refractivity contribution in [3.63, 3.8) is 0 Å². The average molecular weight is 341 g/mol. The van der Waals surface area contributed by atoms with Crippen LogP contribution in [0.15, 0.2) is 36.5 Å². The van der Waals surface area contributed by atoms with Crippen molar-refractivity contribution in [1.29, 1.82) is 0 Å². The standard InChI is InChI=1S/C19H23N3O3/c1-13-2-3-14(11-20-13)12-21-19(25)22-8-6-15(7-9-22)17-5-4-16(23)10-18(17)24/h2-5,10-11,15,23-24H,6-9,12H2,1H3,(H,21,25). The van der Waals surface area contributed by atoms with Gasteiger partial charge in [0.2, 0.25) is 0 Å². The Bertz CT molecular complexity index is 738. The monoisotopic (exact) mass is 341 g/mol. The van der Waals surface area contributed by atoms with E-state index >= 15 is 0 Å². The lowest BCUT2D eigenvalue weighted by molar-refractivity contribution is 0.180. The smallest absolute Gasteiger partial charge is 0.317 e. The lowest BCUT2D eigenvalue weighted by atomic mass is 9.89. The summed E-state index contributed by atoms with van der Waals surface area (Å²) in [5.41, 5.74) is 2.76. The molecule has 1 aliphatic heterocycles. The number of carbonyl (C=O) groups excluding carboxylic acids is 1. The predicted octanol–water partition coefficient (Wildman–Crippen LogP) is 2.89. The van der Waals surface area contributed by atoms with E-state index in [2.05, 4.69) is 10.3 Å². The van der Waals surface area contributed by atoms with Crippen LogP contribution in [0.1, 0.15) is 35.6 Å². The van der Waals surface area contributed by atoms with Crippen molar-refractivity contribution in [2.45, 2.75) is 32.2 Å². The number of aryl methyl sites for hydroxylation is 1. The Labute approximate surface area is 147 Å². The highest BCUT2D eigenvalue weighted by atomic mass is 16.3. The fraction of sp³-hybridized carbons (Fsp3) is 0.368. The third-order valence-electron chi connectivity index (χ3n) is 4.65. The van der Waals surface area contributed by atoms with Crippen LogP contribution < -0.4 is 5.32 Å². The van der Waals surface area contributed by atoms with Crippen molar-refractivity contribution in [3.8, 4) is 11.5 Å². The molecule has 0 bridgehead atoms. The van der Waals surface area contributed by atoms with Gasteiger partial charge < -0.3 is 20.4 Å². The number of pyridine rings is 1. The molecule has 0 saturated carbocycles. The Hall–Kier alpha value is -2.76. The number of carbonyl (C=O) groups is 1. The number of phenols is 2. The largest absolute Gasteiger partial charge is 0.508 e. The Morgan fingerprint density at radius 3 is 2.64 bits per heavy atom. The van der Waals surface area contributed by atoms with Crippen LogP contribution in [0.2, 0.25) is 0 Å². The Balaban J connectivity index is 1.51. The van der Waals surface area contributed by atoms with Gasteiger partial charge in [0.05, 0.1) is 0 Å². The molecule has 132 valence electrons. The van der Waals surface area contributed by atoms with Crippen LogP contribution in [0.4, 0.5) is 4.79 Å². The van der Waals surface area contributed by atoms with Crippen LogP contribution >= 0.6 is 0 Å². The number of amides is 2. The van der Waals surface area contributed by atoms with Crippen molar-refractivity contribution in [2.24, 2.45) is 0 Å². The van der Waals surface area contributed by atoms with Crippen LogP contribution in [0.25, 0.3) is 0 Å². The quantitative estimate of drug-likeness (QED) is 0.801. The number of phenolic OH excluding ortho intramolecular Hbond substituents is 2. The van der Waals surface area contributed by atoms with Crippen molar-refractivity contribution in [3.05, 3.63) is 53.3 Å². The first kappa shape index (κ1) is 17.1. The lowest BCUT2D eigenvalue weighted by Gasteiger charge is -2.32. The molecule has 2 aromatic rings. The summed E-state index contributed by atoms with van der Waals surface area (Å²) in [6.07, 6.45) is 3.35. The summed E-state index contributed by atoms with van der Waals surface area (Å²) >= 11 is 0. The van der Waals surface area contributed by atoms with Crippen molar-refractivity contribution >= 4 is 6.03 Å². The molecule has 6 nitrogen and oxygen atoms in total. The number of aromatic nitrogens is 1. The van der Waals surface area contributed by atoms with Gasteiger partial charge >= 0.3 is 6.03 Å². The molecule has 1 aromatic carbocycles. The van der Waals surface area contributed by atoms with Gasteiger partial charge in [-0.3, -0.25) is 4.98 Å². The number of aromatic hydroxyl groups is 2. The molecule has 2 amide bonds. The second-order valence-corrected chi connectivity index (χ2v) is 6.47. The number of nitrogens with one attached hydrogen (secondary N) is 1. The second kappa shape index (κ2) is 7.42. The normalized spacial score (nSPS) is 15.2. The molecule has 3 N–H and O–H groups in total. The first-order chi connectivity index (χ1) is 12.0. The van der Waals surface area contributed by atoms with E-state index in [0.29, 0.717) is 19.6 Å². The highest BCUT2D eigenvalue weighted by Crippen LogP contribution is 2.35. The van der Waals surface area contributed by atoms with Gasteiger partial charge in [0, 0.05) is 37.6 Å². The number of piperidine rings is 1. The maximum atomic E-state index is 12.3. The van der Waals surface area contributed by atoms with Crippen molar-refractivity contribution < 1.29 is 15.0 Å². The Kier molecular flexibility index (Phi) is 5.07. The zero-order valence-electron chi connectivity index (χ0n) is 14.3. The molecule has 2 heterocycles. The molecule has 1 fully saturated rings. The van der Waals surface area contributed by atoms with E-state index in [0.717, 1.165) is 29.7 Å². The summed E-state index contributed by atoms with van der Waals surface area (Å²) in [7, 11) is 0. The molecule has 6 heteroatoms. The summed E-state index contributed by atoms with van der Waals surface area (Å²) in [5.74, 6) is 0.379. The number of rotatable bonds is 3. The molecule has 1 saturated heterocycles. The van der Waals surface area contributed by atoms with Gasteiger partial charge in [-0.15, -0.1) is 0 Å². The second-order valence-electron chi connectivity index (χ2n) is 6.47. The first-order valence-electron chi connectivity index (χ1n) is 8.49. The highest BCUT2D eigenvalue weighted by molar-refractivity contribution is 5.74. The van der Waals surface area contributed by atoms with Crippen molar-refractivity contribution in [1.82, 2.24) is 15.2 Å². The zero-order chi connectivity index (χ0) is 17.8.